The smallest absolute Gasteiger partial charge is 0.249 e. The van der Waals surface area contributed by atoms with Crippen molar-refractivity contribution in [3.63, 3.8) is 0 Å². The molecule has 264 valence electrons. The first kappa shape index (κ1) is 43.4. The fraction of sp³-hybridized carbons (Fsp3) is 0.974. The van der Waals surface area contributed by atoms with E-state index in [1.807, 2.05) is 0 Å². The lowest BCUT2D eigenvalue weighted by Crippen LogP contribution is -2.49. The van der Waals surface area contributed by atoms with Crippen molar-refractivity contribution in [3.8, 4) is 0 Å². The van der Waals surface area contributed by atoms with Gasteiger partial charge in [0.25, 0.3) is 0 Å². The van der Waals surface area contributed by atoms with Crippen LogP contribution in [0.5, 0.6) is 0 Å². The van der Waals surface area contributed by atoms with Gasteiger partial charge in [0.1, 0.15) is 6.10 Å². The lowest BCUT2D eigenvalue weighted by Gasteiger charge is -2.23. The van der Waals surface area contributed by atoms with Crippen molar-refractivity contribution in [2.75, 3.05) is 6.61 Å². The van der Waals surface area contributed by atoms with Crippen LogP contribution < -0.4 is 5.32 Å². The SMILES string of the molecule is CCCCCCCCCCCCCCCCCCCCCCCC(O)C(=O)NC(CO)C(O)CCCCCCCCCCC. The van der Waals surface area contributed by atoms with E-state index in [0.29, 0.717) is 12.8 Å². The minimum atomic E-state index is -1.07. The topological polar surface area (TPSA) is 89.8 Å². The van der Waals surface area contributed by atoms with Crippen LogP contribution in [0.3, 0.4) is 0 Å². The molecule has 4 N–H and O–H groups in total. The Morgan fingerprint density at radius 1 is 0.455 bits per heavy atom. The van der Waals surface area contributed by atoms with Gasteiger partial charge in [0.05, 0.1) is 18.8 Å². The van der Waals surface area contributed by atoms with Gasteiger partial charge in [-0.2, -0.15) is 0 Å². The molecule has 0 radical (unpaired) electrons. The number of unbranched alkanes of at least 4 members (excludes halogenated alkanes) is 28. The molecule has 0 aromatic carbocycles. The molecule has 5 nitrogen and oxygen atoms in total. The summed E-state index contributed by atoms with van der Waals surface area (Å²) in [4.78, 5) is 12.4. The first-order chi connectivity index (χ1) is 21.6. The molecule has 0 rings (SSSR count). The molecule has 3 atom stereocenters. The summed E-state index contributed by atoms with van der Waals surface area (Å²) in [5, 5.41) is 33.1. The van der Waals surface area contributed by atoms with E-state index in [-0.39, 0.29) is 6.61 Å². The van der Waals surface area contributed by atoms with Gasteiger partial charge in [0.2, 0.25) is 5.91 Å². The van der Waals surface area contributed by atoms with Gasteiger partial charge in [0.15, 0.2) is 0 Å². The van der Waals surface area contributed by atoms with E-state index in [1.165, 1.54) is 161 Å². The summed E-state index contributed by atoms with van der Waals surface area (Å²) in [5.41, 5.74) is 0. The van der Waals surface area contributed by atoms with E-state index in [2.05, 4.69) is 19.2 Å². The van der Waals surface area contributed by atoms with E-state index in [1.54, 1.807) is 0 Å². The van der Waals surface area contributed by atoms with E-state index in [4.69, 9.17) is 0 Å². The van der Waals surface area contributed by atoms with Gasteiger partial charge in [0, 0.05) is 0 Å². The number of rotatable bonds is 36. The number of aliphatic hydroxyl groups excluding tert-OH is 3. The maximum Gasteiger partial charge on any atom is 0.249 e. The van der Waals surface area contributed by atoms with Crippen LogP contribution in [-0.2, 0) is 4.79 Å². The number of hydrogen-bond acceptors (Lipinski definition) is 4. The molecule has 1 amide bonds. The second-order valence-corrected chi connectivity index (χ2v) is 13.9. The third kappa shape index (κ3) is 30.0. The quantitative estimate of drug-likeness (QED) is 0.0521. The predicted octanol–water partition coefficient (Wildman–Crippen LogP) is 10.7. The number of carbonyl (C=O) groups excluding carboxylic acids is 1. The second-order valence-electron chi connectivity index (χ2n) is 13.9. The van der Waals surface area contributed by atoms with Crippen molar-refractivity contribution in [1.29, 1.82) is 0 Å². The Bertz CT molecular complexity index is 572. The largest absolute Gasteiger partial charge is 0.394 e. The molecule has 0 aromatic heterocycles. The van der Waals surface area contributed by atoms with Gasteiger partial charge in [-0.3, -0.25) is 4.79 Å². The predicted molar refractivity (Wildman–Crippen MR) is 190 cm³/mol. The number of amides is 1. The first-order valence-electron chi connectivity index (χ1n) is 19.8. The Morgan fingerprint density at radius 3 is 1.02 bits per heavy atom. The molecule has 0 bridgehead atoms. The minimum Gasteiger partial charge on any atom is -0.394 e. The van der Waals surface area contributed by atoms with Crippen LogP contribution in [0.25, 0.3) is 0 Å². The van der Waals surface area contributed by atoms with Gasteiger partial charge in [-0.15, -0.1) is 0 Å². The molecule has 0 saturated heterocycles. The monoisotopic (exact) mass is 626 g/mol. The van der Waals surface area contributed by atoms with Crippen LogP contribution >= 0.6 is 0 Å². The molecule has 3 unspecified atom stereocenters. The summed E-state index contributed by atoms with van der Waals surface area (Å²) in [5.74, 6) is -0.469. The lowest BCUT2D eigenvalue weighted by atomic mass is 10.0. The fourth-order valence-corrected chi connectivity index (χ4v) is 6.31. The molecule has 0 aliphatic heterocycles. The highest BCUT2D eigenvalue weighted by atomic mass is 16.3. The maximum absolute atomic E-state index is 12.4. The second kappa shape index (κ2) is 35.2. The Kier molecular flexibility index (Phi) is 34.7. The average molecular weight is 626 g/mol. The van der Waals surface area contributed by atoms with Crippen LogP contribution in [-0.4, -0.2) is 46.1 Å². The molecule has 44 heavy (non-hydrogen) atoms. The summed E-state index contributed by atoms with van der Waals surface area (Å²) in [6.07, 6.45) is 38.2. The normalized spacial score (nSPS) is 13.7. The Balaban J connectivity index is 3.55. The molecule has 0 aliphatic carbocycles. The summed E-state index contributed by atoms with van der Waals surface area (Å²) in [7, 11) is 0. The van der Waals surface area contributed by atoms with Crippen molar-refractivity contribution < 1.29 is 20.1 Å². The van der Waals surface area contributed by atoms with Crippen molar-refractivity contribution in [1.82, 2.24) is 5.32 Å². The third-order valence-electron chi connectivity index (χ3n) is 9.48. The van der Waals surface area contributed by atoms with Crippen molar-refractivity contribution in [3.05, 3.63) is 0 Å². The maximum atomic E-state index is 12.4. The van der Waals surface area contributed by atoms with Gasteiger partial charge in [-0.1, -0.05) is 206 Å². The lowest BCUT2D eigenvalue weighted by molar-refractivity contribution is -0.131. The first-order valence-corrected chi connectivity index (χ1v) is 19.8. The molecule has 0 fully saturated rings. The Labute approximate surface area is 275 Å². The summed E-state index contributed by atoms with van der Waals surface area (Å²) in [6.45, 7) is 4.21. The third-order valence-corrected chi connectivity index (χ3v) is 9.48. The van der Waals surface area contributed by atoms with Crippen LogP contribution in [0.1, 0.15) is 219 Å². The molecule has 0 spiro atoms. The summed E-state index contributed by atoms with van der Waals surface area (Å²) >= 11 is 0. The molecule has 0 saturated carbocycles. The van der Waals surface area contributed by atoms with E-state index < -0.39 is 24.2 Å². The van der Waals surface area contributed by atoms with Crippen LogP contribution in [0.15, 0.2) is 0 Å². The Hall–Kier alpha value is -0.650. The number of aliphatic hydroxyl groups is 3. The number of nitrogens with one attached hydrogen (secondary N) is 1. The van der Waals surface area contributed by atoms with Crippen molar-refractivity contribution in [2.45, 2.75) is 238 Å². The molecular formula is C39H79NO4. The zero-order valence-corrected chi connectivity index (χ0v) is 29.8. The number of hydrogen-bond donors (Lipinski definition) is 4. The molecular weight excluding hydrogens is 546 g/mol. The number of carbonyl (C=O) groups is 1. The van der Waals surface area contributed by atoms with E-state index >= 15 is 0 Å². The fourth-order valence-electron chi connectivity index (χ4n) is 6.31. The zero-order chi connectivity index (χ0) is 32.4. The average Bonchev–Trinajstić information content (AvgIpc) is 3.03. The molecule has 5 heteroatoms. The highest BCUT2D eigenvalue weighted by Crippen LogP contribution is 2.16. The summed E-state index contributed by atoms with van der Waals surface area (Å²) < 4.78 is 0. The van der Waals surface area contributed by atoms with Crippen LogP contribution in [0.4, 0.5) is 0 Å². The van der Waals surface area contributed by atoms with E-state index in [0.717, 1.165) is 32.1 Å². The van der Waals surface area contributed by atoms with E-state index in [9.17, 15) is 20.1 Å². The molecule has 0 aliphatic rings. The van der Waals surface area contributed by atoms with Crippen molar-refractivity contribution >= 4 is 5.91 Å². The molecule has 0 aromatic rings. The van der Waals surface area contributed by atoms with Crippen LogP contribution in [0.2, 0.25) is 0 Å². The standard InChI is InChI=1S/C39H79NO4/c1-3-5-7-9-11-13-14-15-16-17-18-19-20-21-22-23-24-26-28-30-32-34-38(43)39(44)40-36(35-41)37(42)33-31-29-27-25-12-10-8-6-4-2/h36-38,41-43H,3-35H2,1-2H3,(H,40,44). The highest BCUT2D eigenvalue weighted by Gasteiger charge is 2.23. The van der Waals surface area contributed by atoms with Gasteiger partial charge >= 0.3 is 0 Å². The molecule has 0 heterocycles. The Morgan fingerprint density at radius 2 is 0.727 bits per heavy atom. The van der Waals surface area contributed by atoms with Gasteiger partial charge < -0.3 is 20.6 Å². The minimum absolute atomic E-state index is 0.309. The van der Waals surface area contributed by atoms with Gasteiger partial charge in [-0.25, -0.2) is 0 Å². The van der Waals surface area contributed by atoms with Crippen LogP contribution in [0, 0.1) is 0 Å². The summed E-state index contributed by atoms with van der Waals surface area (Å²) in [6, 6.07) is -0.703. The van der Waals surface area contributed by atoms with Gasteiger partial charge in [-0.05, 0) is 12.8 Å². The zero-order valence-electron chi connectivity index (χ0n) is 29.8. The highest BCUT2D eigenvalue weighted by molar-refractivity contribution is 5.80. The van der Waals surface area contributed by atoms with Crippen molar-refractivity contribution in [2.24, 2.45) is 0 Å².